The van der Waals surface area contributed by atoms with Crippen molar-refractivity contribution in [3.63, 3.8) is 0 Å². The first kappa shape index (κ1) is 24.7. The van der Waals surface area contributed by atoms with E-state index in [-0.39, 0.29) is 38.2 Å². The number of carbonyl (C=O) groups excluding carboxylic acids is 3. The second kappa shape index (κ2) is 11.8. The molecule has 2 fully saturated rings. The lowest BCUT2D eigenvalue weighted by molar-refractivity contribution is -0.340. The van der Waals surface area contributed by atoms with Crippen LogP contribution < -0.4 is 5.32 Å². The predicted molar refractivity (Wildman–Crippen MR) is 115 cm³/mol. The summed E-state index contributed by atoms with van der Waals surface area (Å²) < 4.78 is 29.1. The number of amides is 1. The smallest absolute Gasteiger partial charge is 0.307 e. The van der Waals surface area contributed by atoms with Gasteiger partial charge in [0.05, 0.1) is 6.61 Å². The highest BCUT2D eigenvalue weighted by Gasteiger charge is 2.53. The van der Waals surface area contributed by atoms with Gasteiger partial charge in [-0.2, -0.15) is 0 Å². The van der Waals surface area contributed by atoms with Crippen LogP contribution in [0.4, 0.5) is 0 Å². The first-order valence-corrected chi connectivity index (χ1v) is 11.1. The molecule has 0 spiro atoms. The first-order valence-electron chi connectivity index (χ1n) is 11.1. The molecule has 0 aromatic heterocycles. The van der Waals surface area contributed by atoms with E-state index in [4.69, 9.17) is 30.1 Å². The molecular weight excluding hydrogens is 430 g/mol. The Morgan fingerprint density at radius 1 is 1.09 bits per heavy atom. The molecule has 2 saturated heterocycles. The number of carbonyl (C=O) groups is 3. The van der Waals surface area contributed by atoms with Gasteiger partial charge in [-0.15, -0.1) is 12.3 Å². The maximum atomic E-state index is 12.5. The lowest BCUT2D eigenvalue weighted by atomic mass is 9.95. The van der Waals surface area contributed by atoms with Gasteiger partial charge in [-0.1, -0.05) is 44.2 Å². The maximum Gasteiger partial charge on any atom is 0.307 e. The molecule has 1 aromatic rings. The van der Waals surface area contributed by atoms with Crippen molar-refractivity contribution in [2.75, 3.05) is 6.61 Å². The van der Waals surface area contributed by atoms with Gasteiger partial charge in [0.15, 0.2) is 12.4 Å². The summed E-state index contributed by atoms with van der Waals surface area (Å²) >= 11 is 0. The van der Waals surface area contributed by atoms with E-state index in [2.05, 4.69) is 11.2 Å². The molecule has 1 amide bonds. The van der Waals surface area contributed by atoms with Crippen LogP contribution in [0.2, 0.25) is 0 Å². The Bertz CT molecular complexity index is 867. The molecule has 0 aliphatic carbocycles. The zero-order chi connectivity index (χ0) is 23.8. The van der Waals surface area contributed by atoms with Gasteiger partial charge in [-0.05, 0) is 0 Å². The monoisotopic (exact) mass is 459 g/mol. The second-order valence-electron chi connectivity index (χ2n) is 7.67. The standard InChI is InChI=1S/C24H29NO8/c1-4-7-13-17(26)25-20-22(31-18(27)5-2)21-16(30-24(20)32-19(28)6-3)14-29-23(33-21)15-11-9-8-10-12-15/h1,8-12,16,20-24H,5-7,13-14H2,2-3H3,(H,25,26)/t16-,20-,21-,22-,23?,24?/m1/s1. The summed E-state index contributed by atoms with van der Waals surface area (Å²) in [6.45, 7) is 3.41. The van der Waals surface area contributed by atoms with E-state index < -0.39 is 48.9 Å². The Kier molecular flexibility index (Phi) is 8.83. The predicted octanol–water partition coefficient (Wildman–Crippen LogP) is 2.00. The molecule has 1 N–H and O–H groups in total. The minimum absolute atomic E-state index is 0.0561. The van der Waals surface area contributed by atoms with Crippen molar-refractivity contribution >= 4 is 17.8 Å². The van der Waals surface area contributed by atoms with Crippen molar-refractivity contribution in [3.05, 3.63) is 35.9 Å². The molecule has 6 atom stereocenters. The van der Waals surface area contributed by atoms with Gasteiger partial charge in [-0.3, -0.25) is 14.4 Å². The third-order valence-corrected chi connectivity index (χ3v) is 5.33. The van der Waals surface area contributed by atoms with Crippen molar-refractivity contribution in [2.45, 2.75) is 76.5 Å². The Morgan fingerprint density at radius 2 is 1.79 bits per heavy atom. The van der Waals surface area contributed by atoms with E-state index in [1.54, 1.807) is 13.8 Å². The number of fused-ring (bicyclic) bond motifs is 1. The molecule has 0 radical (unpaired) electrons. The fourth-order valence-electron chi connectivity index (χ4n) is 3.64. The molecule has 1 aromatic carbocycles. The van der Waals surface area contributed by atoms with Gasteiger partial charge in [0.1, 0.15) is 18.2 Å². The average Bonchev–Trinajstić information content (AvgIpc) is 2.84. The fraction of sp³-hybridized carbons (Fsp3) is 0.542. The van der Waals surface area contributed by atoms with Gasteiger partial charge < -0.3 is 29.0 Å². The molecule has 9 nitrogen and oxygen atoms in total. The van der Waals surface area contributed by atoms with Crippen LogP contribution >= 0.6 is 0 Å². The van der Waals surface area contributed by atoms with Crippen LogP contribution in [0.25, 0.3) is 0 Å². The summed E-state index contributed by atoms with van der Waals surface area (Å²) in [6, 6.07) is 8.30. The topological polar surface area (TPSA) is 109 Å². The van der Waals surface area contributed by atoms with Crippen molar-refractivity contribution in [1.29, 1.82) is 0 Å². The summed E-state index contributed by atoms with van der Waals surface area (Å²) in [4.78, 5) is 36.9. The van der Waals surface area contributed by atoms with Gasteiger partial charge >= 0.3 is 11.9 Å². The highest BCUT2D eigenvalue weighted by atomic mass is 16.8. The van der Waals surface area contributed by atoms with Gasteiger partial charge in [0.25, 0.3) is 0 Å². The number of rotatable bonds is 8. The molecule has 2 unspecified atom stereocenters. The van der Waals surface area contributed by atoms with Gasteiger partial charge in [-0.25, -0.2) is 0 Å². The summed E-state index contributed by atoms with van der Waals surface area (Å²) in [5.41, 5.74) is 0.783. The van der Waals surface area contributed by atoms with Crippen LogP contribution in [0, 0.1) is 12.3 Å². The number of ether oxygens (including phenoxy) is 5. The van der Waals surface area contributed by atoms with Crippen molar-refractivity contribution in [3.8, 4) is 12.3 Å². The number of hydrogen-bond acceptors (Lipinski definition) is 8. The molecule has 2 heterocycles. The minimum atomic E-state index is -1.19. The van der Waals surface area contributed by atoms with Crippen LogP contribution in [-0.2, 0) is 38.1 Å². The lowest BCUT2D eigenvalue weighted by Gasteiger charge is -2.48. The number of terminal acetylenes is 1. The summed E-state index contributed by atoms with van der Waals surface area (Å²) in [5, 5.41) is 2.77. The maximum absolute atomic E-state index is 12.5. The average molecular weight is 459 g/mol. The Balaban J connectivity index is 1.89. The number of benzene rings is 1. The number of esters is 2. The van der Waals surface area contributed by atoms with Crippen molar-refractivity contribution in [2.24, 2.45) is 0 Å². The molecule has 2 aliphatic heterocycles. The minimum Gasteiger partial charge on any atom is -0.457 e. The highest BCUT2D eigenvalue weighted by Crippen LogP contribution is 2.36. The van der Waals surface area contributed by atoms with Crippen LogP contribution in [0.5, 0.6) is 0 Å². The number of nitrogens with one attached hydrogen (secondary N) is 1. The molecule has 2 aliphatic rings. The molecule has 0 saturated carbocycles. The van der Waals surface area contributed by atoms with Gasteiger partial charge in [0.2, 0.25) is 12.2 Å². The Labute approximate surface area is 193 Å². The molecule has 0 bridgehead atoms. The quantitative estimate of drug-likeness (QED) is 0.464. The summed E-state index contributed by atoms with van der Waals surface area (Å²) in [7, 11) is 0. The molecule has 33 heavy (non-hydrogen) atoms. The SMILES string of the molecule is C#CCCC(=O)N[C@H]1C(OC(=O)CC)O[C@@H]2COC(c3ccccc3)O[C@H]2[C@@H]1OC(=O)CC. The highest BCUT2D eigenvalue weighted by molar-refractivity contribution is 5.77. The molecular formula is C24H29NO8. The van der Waals surface area contributed by atoms with Crippen LogP contribution in [0.15, 0.2) is 30.3 Å². The summed E-state index contributed by atoms with van der Waals surface area (Å²) in [6.07, 6.45) is 1.43. The Morgan fingerprint density at radius 3 is 2.45 bits per heavy atom. The van der Waals surface area contributed by atoms with Gasteiger partial charge in [0, 0.05) is 31.2 Å². The fourth-order valence-corrected chi connectivity index (χ4v) is 3.64. The van der Waals surface area contributed by atoms with E-state index in [0.29, 0.717) is 0 Å². The first-order chi connectivity index (χ1) is 16.0. The van der Waals surface area contributed by atoms with Crippen molar-refractivity contribution < 1.29 is 38.1 Å². The summed E-state index contributed by atoms with van der Waals surface area (Å²) in [5.74, 6) is 1.00. The molecule has 3 rings (SSSR count). The third-order valence-electron chi connectivity index (χ3n) is 5.33. The van der Waals surface area contributed by atoms with E-state index in [1.165, 1.54) is 0 Å². The van der Waals surface area contributed by atoms with E-state index >= 15 is 0 Å². The molecule has 9 heteroatoms. The molecule has 178 valence electrons. The normalized spacial score (nSPS) is 28.6. The third kappa shape index (κ3) is 6.32. The lowest BCUT2D eigenvalue weighted by Crippen LogP contribution is -2.68. The van der Waals surface area contributed by atoms with Crippen LogP contribution in [0.3, 0.4) is 0 Å². The zero-order valence-corrected chi connectivity index (χ0v) is 18.7. The Hall–Kier alpha value is -2.93. The largest absolute Gasteiger partial charge is 0.457 e. The van der Waals surface area contributed by atoms with E-state index in [0.717, 1.165) is 5.56 Å². The van der Waals surface area contributed by atoms with Crippen molar-refractivity contribution in [1.82, 2.24) is 5.32 Å². The van der Waals surface area contributed by atoms with Crippen LogP contribution in [-0.4, -0.2) is 55.1 Å². The van der Waals surface area contributed by atoms with E-state index in [1.807, 2.05) is 30.3 Å². The number of hydrogen-bond donors (Lipinski definition) is 1. The second-order valence-corrected chi connectivity index (χ2v) is 7.67. The van der Waals surface area contributed by atoms with E-state index in [9.17, 15) is 14.4 Å². The zero-order valence-electron chi connectivity index (χ0n) is 18.7. The van der Waals surface area contributed by atoms with Crippen LogP contribution in [0.1, 0.15) is 51.4 Å².